The number of aliphatic hydroxyl groups is 1. The monoisotopic (exact) mass is 407 g/mol. The van der Waals surface area contributed by atoms with E-state index in [1.807, 2.05) is 0 Å². The zero-order chi connectivity index (χ0) is 18.7. The Morgan fingerprint density at radius 3 is 2.73 bits per heavy atom. The van der Waals surface area contributed by atoms with Crippen LogP contribution in [0.1, 0.15) is 32.1 Å². The quantitative estimate of drug-likeness (QED) is 0.592. The number of hydrogen-bond acceptors (Lipinski definition) is 4. The second-order valence-corrected chi connectivity index (χ2v) is 7.69. The lowest BCUT2D eigenvalue weighted by molar-refractivity contribution is -0.103. The molecular weight excluding hydrogens is 387 g/mol. The largest absolute Gasteiger partial charge is 0.490 e. The van der Waals surface area contributed by atoms with Crippen LogP contribution in [0.25, 0.3) is 0 Å². The van der Waals surface area contributed by atoms with Crippen LogP contribution >= 0.6 is 23.2 Å². The second-order valence-electron chi connectivity index (χ2n) is 6.75. The fourth-order valence-electron chi connectivity index (χ4n) is 2.99. The number of halogens is 4. The van der Waals surface area contributed by atoms with Crippen LogP contribution in [0.2, 0.25) is 0 Å². The Balaban J connectivity index is 1.70. The van der Waals surface area contributed by atoms with Gasteiger partial charge in [-0.05, 0) is 43.3 Å². The molecule has 2 aliphatic carbocycles. The molecule has 3 rings (SSSR count). The van der Waals surface area contributed by atoms with Gasteiger partial charge in [-0.3, -0.25) is 4.99 Å². The van der Waals surface area contributed by atoms with Crippen LogP contribution in [0.5, 0.6) is 0 Å². The molecule has 1 aliphatic heterocycles. The Bertz CT molecular complexity index is 644. The molecule has 1 N–H and O–H groups in total. The van der Waals surface area contributed by atoms with Gasteiger partial charge in [0.05, 0.1) is 18.1 Å². The van der Waals surface area contributed by atoms with E-state index in [2.05, 4.69) is 9.73 Å². The van der Waals surface area contributed by atoms with Crippen molar-refractivity contribution < 1.29 is 23.4 Å². The summed E-state index contributed by atoms with van der Waals surface area (Å²) in [5, 5.41) is 10.7. The number of ether oxygens (including phenoxy) is 2. The molecule has 144 valence electrons. The Labute approximate surface area is 161 Å². The summed E-state index contributed by atoms with van der Waals surface area (Å²) in [6, 6.07) is 0. The first-order chi connectivity index (χ1) is 12.4. The highest BCUT2D eigenvalue weighted by molar-refractivity contribution is 6.34. The van der Waals surface area contributed by atoms with E-state index in [0.717, 1.165) is 12.8 Å². The number of aliphatic hydroxyl groups excluding tert-OH is 1. The zero-order valence-electron chi connectivity index (χ0n) is 14.1. The molecule has 26 heavy (non-hydrogen) atoms. The van der Waals surface area contributed by atoms with Crippen molar-refractivity contribution in [2.24, 2.45) is 16.8 Å². The maximum absolute atomic E-state index is 12.6. The van der Waals surface area contributed by atoms with E-state index < -0.39 is 18.1 Å². The fraction of sp³-hybridized carbons (Fsp3) is 0.611. The Morgan fingerprint density at radius 1 is 1.31 bits per heavy atom. The van der Waals surface area contributed by atoms with Gasteiger partial charge in [-0.2, -0.15) is 8.78 Å². The summed E-state index contributed by atoms with van der Waals surface area (Å²) in [7, 11) is 0. The number of alkyl halides is 3. The highest BCUT2D eigenvalue weighted by Gasteiger charge is 2.30. The summed E-state index contributed by atoms with van der Waals surface area (Å²) in [5.74, 6) is 0.646. The standard InChI is InChI=1S/C18H21Cl2F2NO3/c19-13-7-23-8-14(20)12(13)6-15(24)11-3-4-16(26-18(21)22)17(5-11)25-9-10-1-2-10/h5,7-8,10,12-13,15,18,24H,1-4,6,9H2/t12-,13?,15+/m1/s1. The van der Waals surface area contributed by atoms with Gasteiger partial charge in [0.2, 0.25) is 0 Å². The first-order valence-corrected chi connectivity index (χ1v) is 9.47. The summed E-state index contributed by atoms with van der Waals surface area (Å²) in [6.07, 6.45) is 7.08. The molecule has 0 spiro atoms. The van der Waals surface area contributed by atoms with Gasteiger partial charge < -0.3 is 14.6 Å². The average molecular weight is 408 g/mol. The predicted molar refractivity (Wildman–Crippen MR) is 96.3 cm³/mol. The number of nitrogens with zero attached hydrogens (tertiary/aromatic N) is 1. The van der Waals surface area contributed by atoms with Crippen molar-refractivity contribution in [3.63, 3.8) is 0 Å². The topological polar surface area (TPSA) is 51.1 Å². The molecule has 1 fully saturated rings. The third-order valence-electron chi connectivity index (χ3n) is 4.71. The minimum atomic E-state index is -2.90. The summed E-state index contributed by atoms with van der Waals surface area (Å²) in [6.45, 7) is -2.42. The molecule has 0 aromatic carbocycles. The Kier molecular flexibility index (Phi) is 6.59. The molecule has 0 aromatic rings. The molecular formula is C18H21Cl2F2NO3. The SMILES string of the molecule is O[C@@H](C[C@H]1C(Cl)=CN=CC1Cl)C1=CC(OCC2CC2)=C(OC(F)F)CC1. The highest BCUT2D eigenvalue weighted by Crippen LogP contribution is 2.36. The average Bonchev–Trinajstić information content (AvgIpc) is 3.41. The molecule has 0 bridgehead atoms. The molecule has 0 radical (unpaired) electrons. The molecule has 3 aliphatic rings. The summed E-state index contributed by atoms with van der Waals surface area (Å²) in [4.78, 5) is 3.94. The van der Waals surface area contributed by atoms with Crippen molar-refractivity contribution in [2.45, 2.75) is 50.2 Å². The Morgan fingerprint density at radius 2 is 2.08 bits per heavy atom. The minimum absolute atomic E-state index is 0.134. The number of aliphatic imine (C=N–C) groups is 1. The van der Waals surface area contributed by atoms with E-state index in [0.29, 0.717) is 36.0 Å². The van der Waals surface area contributed by atoms with Crippen LogP contribution in [-0.2, 0) is 9.47 Å². The first-order valence-electron chi connectivity index (χ1n) is 8.66. The lowest BCUT2D eigenvalue weighted by atomic mass is 9.89. The molecule has 0 aromatic heterocycles. The fourth-order valence-corrected chi connectivity index (χ4v) is 3.64. The van der Waals surface area contributed by atoms with E-state index in [9.17, 15) is 13.9 Å². The van der Waals surface area contributed by atoms with Crippen molar-refractivity contribution >= 4 is 29.4 Å². The number of hydrogen-bond donors (Lipinski definition) is 1. The second kappa shape index (κ2) is 8.72. The van der Waals surface area contributed by atoms with Crippen molar-refractivity contribution in [3.05, 3.63) is 34.4 Å². The smallest absolute Gasteiger partial charge is 0.387 e. The van der Waals surface area contributed by atoms with Crippen LogP contribution in [0.15, 0.2) is 39.4 Å². The number of allylic oxidation sites excluding steroid dienone is 3. The molecule has 8 heteroatoms. The molecule has 1 saturated carbocycles. The van der Waals surface area contributed by atoms with Crippen LogP contribution in [0.4, 0.5) is 8.78 Å². The lowest BCUT2D eigenvalue weighted by Crippen LogP contribution is -2.26. The molecule has 3 atom stereocenters. The van der Waals surface area contributed by atoms with Crippen LogP contribution in [0.3, 0.4) is 0 Å². The van der Waals surface area contributed by atoms with Crippen LogP contribution in [0, 0.1) is 11.8 Å². The minimum Gasteiger partial charge on any atom is -0.490 e. The zero-order valence-corrected chi connectivity index (χ0v) is 15.6. The Hall–Kier alpha value is -1.11. The molecule has 0 saturated heterocycles. The third kappa shape index (κ3) is 5.21. The molecule has 1 heterocycles. The van der Waals surface area contributed by atoms with E-state index in [1.165, 1.54) is 6.20 Å². The van der Waals surface area contributed by atoms with E-state index in [4.69, 9.17) is 27.9 Å². The lowest BCUT2D eigenvalue weighted by Gasteiger charge is -2.27. The van der Waals surface area contributed by atoms with Gasteiger partial charge in [-0.15, -0.1) is 11.6 Å². The number of rotatable bonds is 8. The molecule has 4 nitrogen and oxygen atoms in total. The van der Waals surface area contributed by atoms with Crippen molar-refractivity contribution in [3.8, 4) is 0 Å². The van der Waals surface area contributed by atoms with Gasteiger partial charge in [0, 0.05) is 29.8 Å². The van der Waals surface area contributed by atoms with Crippen molar-refractivity contribution in [2.75, 3.05) is 6.61 Å². The van der Waals surface area contributed by atoms with Gasteiger partial charge >= 0.3 is 6.61 Å². The van der Waals surface area contributed by atoms with E-state index >= 15 is 0 Å². The molecule has 0 amide bonds. The summed E-state index contributed by atoms with van der Waals surface area (Å²) in [5.41, 5.74) is 0.702. The van der Waals surface area contributed by atoms with Gasteiger partial charge in [0.1, 0.15) is 5.76 Å². The van der Waals surface area contributed by atoms with Crippen molar-refractivity contribution in [1.29, 1.82) is 0 Å². The van der Waals surface area contributed by atoms with Crippen LogP contribution in [-0.4, -0.2) is 36.0 Å². The predicted octanol–water partition coefficient (Wildman–Crippen LogP) is 4.72. The van der Waals surface area contributed by atoms with Gasteiger partial charge in [-0.25, -0.2) is 0 Å². The first kappa shape index (κ1) is 19.6. The van der Waals surface area contributed by atoms with E-state index in [-0.39, 0.29) is 23.9 Å². The third-order valence-corrected chi connectivity index (χ3v) is 5.50. The van der Waals surface area contributed by atoms with Gasteiger partial charge in [-0.1, -0.05) is 11.6 Å². The highest BCUT2D eigenvalue weighted by atomic mass is 35.5. The maximum atomic E-state index is 12.6. The van der Waals surface area contributed by atoms with Crippen molar-refractivity contribution in [1.82, 2.24) is 0 Å². The van der Waals surface area contributed by atoms with Crippen LogP contribution < -0.4 is 0 Å². The van der Waals surface area contributed by atoms with Gasteiger partial charge in [0.25, 0.3) is 0 Å². The maximum Gasteiger partial charge on any atom is 0.387 e. The van der Waals surface area contributed by atoms with E-state index in [1.54, 1.807) is 12.3 Å². The summed E-state index contributed by atoms with van der Waals surface area (Å²) < 4.78 is 35.5. The molecule has 1 unspecified atom stereocenters. The van der Waals surface area contributed by atoms with Gasteiger partial charge in [0.15, 0.2) is 5.76 Å². The summed E-state index contributed by atoms with van der Waals surface area (Å²) >= 11 is 12.4. The normalized spacial score (nSPS) is 27.3.